The van der Waals surface area contributed by atoms with E-state index in [0.717, 1.165) is 38.9 Å². The van der Waals surface area contributed by atoms with E-state index in [1.54, 1.807) is 0 Å². The Labute approximate surface area is 232 Å². The maximum atomic E-state index is 6.36. The highest BCUT2D eigenvalue weighted by atomic mass is 16.5. The van der Waals surface area contributed by atoms with Crippen LogP contribution in [0, 0.1) is 0 Å². The van der Waals surface area contributed by atoms with Gasteiger partial charge in [0.15, 0.2) is 0 Å². The first-order valence-electron chi connectivity index (χ1n) is 16.4. The first kappa shape index (κ1) is 34.4. The topological polar surface area (TPSA) is 21.7 Å². The van der Waals surface area contributed by atoms with E-state index >= 15 is 0 Å². The molecule has 0 aliphatic heterocycles. The van der Waals surface area contributed by atoms with Crippen LogP contribution in [-0.2, 0) is 9.47 Å². The minimum Gasteiger partial charge on any atom is -0.378 e. The number of ether oxygens (including phenoxy) is 2. The second-order valence-corrected chi connectivity index (χ2v) is 11.7. The van der Waals surface area contributed by atoms with Crippen molar-refractivity contribution in [3.05, 3.63) is 24.3 Å². The van der Waals surface area contributed by atoms with Gasteiger partial charge in [0.1, 0.15) is 0 Å². The predicted octanol–water partition coefficient (Wildman–Crippen LogP) is 10.0. The van der Waals surface area contributed by atoms with Gasteiger partial charge in [-0.3, -0.25) is 0 Å². The molecule has 0 saturated heterocycles. The number of hydrogen-bond donors (Lipinski definition) is 0. The SMILES string of the molecule is CCCCC/C=C\C/C=C\CCCCCCCCO[C@H]1C[C@H](OCCCCCCCC)C[C@@H](N(C)C)C1. The number of unbranched alkanes of at least 4 members (excludes halogenated alkanes) is 14. The fourth-order valence-electron chi connectivity index (χ4n) is 5.36. The summed E-state index contributed by atoms with van der Waals surface area (Å²) in [5.74, 6) is 0. The molecular weight excluding hydrogens is 454 g/mol. The van der Waals surface area contributed by atoms with E-state index in [4.69, 9.17) is 9.47 Å². The van der Waals surface area contributed by atoms with Gasteiger partial charge in [-0.15, -0.1) is 0 Å². The molecule has 0 aromatic heterocycles. The minimum atomic E-state index is 0.369. The first-order chi connectivity index (χ1) is 18.2. The summed E-state index contributed by atoms with van der Waals surface area (Å²) in [6.07, 6.45) is 37.0. The standard InChI is InChI=1S/C34H65NO2/c1-5-7-9-11-13-14-15-16-17-18-19-20-21-22-24-26-28-37-34-30-32(35(3)4)29-33(31-34)36-27-25-23-12-10-8-6-2/h13-14,16-17,32-34H,5-12,15,18-31H2,1-4H3/b14-13-,17-16-/t32-,33-,34-/m1/s1. The monoisotopic (exact) mass is 520 g/mol. The number of allylic oxidation sites excluding steroid dienone is 4. The average molecular weight is 520 g/mol. The smallest absolute Gasteiger partial charge is 0.0614 e. The van der Waals surface area contributed by atoms with Gasteiger partial charge in [0, 0.05) is 19.3 Å². The summed E-state index contributed by atoms with van der Waals surface area (Å²) in [5.41, 5.74) is 0. The van der Waals surface area contributed by atoms with Crippen LogP contribution in [0.1, 0.15) is 149 Å². The Morgan fingerprint density at radius 3 is 1.49 bits per heavy atom. The lowest BCUT2D eigenvalue weighted by atomic mass is 9.89. The van der Waals surface area contributed by atoms with Crippen molar-refractivity contribution in [2.75, 3.05) is 27.3 Å². The van der Waals surface area contributed by atoms with E-state index in [1.807, 2.05) is 0 Å². The molecule has 0 heterocycles. The molecule has 0 radical (unpaired) electrons. The van der Waals surface area contributed by atoms with Crippen LogP contribution in [0.15, 0.2) is 24.3 Å². The Morgan fingerprint density at radius 1 is 0.541 bits per heavy atom. The second-order valence-electron chi connectivity index (χ2n) is 11.7. The van der Waals surface area contributed by atoms with Crippen molar-refractivity contribution in [3.63, 3.8) is 0 Å². The summed E-state index contributed by atoms with van der Waals surface area (Å²) in [4.78, 5) is 2.37. The van der Waals surface area contributed by atoms with Crippen LogP contribution in [0.2, 0.25) is 0 Å². The van der Waals surface area contributed by atoms with E-state index in [1.165, 1.54) is 109 Å². The van der Waals surface area contributed by atoms with Crippen LogP contribution in [0.25, 0.3) is 0 Å². The van der Waals surface area contributed by atoms with Gasteiger partial charge in [-0.25, -0.2) is 0 Å². The fourth-order valence-corrected chi connectivity index (χ4v) is 5.36. The molecule has 1 fully saturated rings. The van der Waals surface area contributed by atoms with Gasteiger partial charge in [0.05, 0.1) is 12.2 Å². The summed E-state index contributed by atoms with van der Waals surface area (Å²) < 4.78 is 12.7. The van der Waals surface area contributed by atoms with E-state index in [0.29, 0.717) is 18.2 Å². The molecule has 1 aliphatic rings. The van der Waals surface area contributed by atoms with Gasteiger partial charge >= 0.3 is 0 Å². The highest BCUT2D eigenvalue weighted by molar-refractivity contribution is 4.92. The van der Waals surface area contributed by atoms with E-state index in [-0.39, 0.29) is 0 Å². The fraction of sp³-hybridized carbons (Fsp3) is 0.882. The molecule has 0 unspecified atom stereocenters. The van der Waals surface area contributed by atoms with E-state index in [2.05, 4.69) is 57.1 Å². The quantitative estimate of drug-likeness (QED) is 0.0884. The summed E-state index contributed by atoms with van der Waals surface area (Å²) in [6, 6.07) is 0.587. The number of hydrogen-bond acceptors (Lipinski definition) is 3. The predicted molar refractivity (Wildman–Crippen MR) is 164 cm³/mol. The first-order valence-corrected chi connectivity index (χ1v) is 16.4. The average Bonchev–Trinajstić information content (AvgIpc) is 2.89. The highest BCUT2D eigenvalue weighted by Gasteiger charge is 2.31. The maximum Gasteiger partial charge on any atom is 0.0614 e. The van der Waals surface area contributed by atoms with Crippen molar-refractivity contribution in [3.8, 4) is 0 Å². The number of nitrogens with zero attached hydrogens (tertiary/aromatic N) is 1. The molecule has 0 aromatic rings. The Morgan fingerprint density at radius 2 is 0.973 bits per heavy atom. The van der Waals surface area contributed by atoms with Gasteiger partial charge in [0.2, 0.25) is 0 Å². The summed E-state index contributed by atoms with van der Waals surface area (Å²) in [5, 5.41) is 0. The van der Waals surface area contributed by atoms with Crippen LogP contribution in [0.3, 0.4) is 0 Å². The molecule has 0 spiro atoms. The normalized spacial score (nSPS) is 20.6. The molecule has 3 atom stereocenters. The van der Waals surface area contributed by atoms with Gasteiger partial charge < -0.3 is 14.4 Å². The molecule has 3 heteroatoms. The maximum absolute atomic E-state index is 6.36. The molecule has 37 heavy (non-hydrogen) atoms. The van der Waals surface area contributed by atoms with Gasteiger partial charge in [0.25, 0.3) is 0 Å². The summed E-state index contributed by atoms with van der Waals surface area (Å²) >= 11 is 0. The van der Waals surface area contributed by atoms with Crippen molar-refractivity contribution in [1.82, 2.24) is 4.90 Å². The minimum absolute atomic E-state index is 0.369. The van der Waals surface area contributed by atoms with Crippen LogP contribution in [0.5, 0.6) is 0 Å². The lowest BCUT2D eigenvalue weighted by molar-refractivity contribution is -0.0667. The largest absolute Gasteiger partial charge is 0.378 e. The van der Waals surface area contributed by atoms with Gasteiger partial charge in [-0.1, -0.05) is 109 Å². The lowest BCUT2D eigenvalue weighted by Crippen LogP contribution is -2.42. The van der Waals surface area contributed by atoms with Gasteiger partial charge in [-0.2, -0.15) is 0 Å². The van der Waals surface area contributed by atoms with Crippen LogP contribution in [0.4, 0.5) is 0 Å². The third-order valence-corrected chi connectivity index (χ3v) is 7.88. The summed E-state index contributed by atoms with van der Waals surface area (Å²) in [7, 11) is 4.42. The third kappa shape index (κ3) is 20.9. The van der Waals surface area contributed by atoms with Crippen molar-refractivity contribution >= 4 is 0 Å². The second kappa shape index (κ2) is 25.6. The molecule has 218 valence electrons. The molecule has 1 aliphatic carbocycles. The Hall–Kier alpha value is -0.640. The van der Waals surface area contributed by atoms with Crippen LogP contribution >= 0.6 is 0 Å². The van der Waals surface area contributed by atoms with Crippen molar-refractivity contribution in [1.29, 1.82) is 0 Å². The molecule has 0 N–H and O–H groups in total. The van der Waals surface area contributed by atoms with Crippen molar-refractivity contribution < 1.29 is 9.47 Å². The Kier molecular flexibility index (Phi) is 23.8. The lowest BCUT2D eigenvalue weighted by Gasteiger charge is -2.38. The van der Waals surface area contributed by atoms with Crippen LogP contribution < -0.4 is 0 Å². The Bertz CT molecular complexity index is 530. The molecule has 1 rings (SSSR count). The van der Waals surface area contributed by atoms with Crippen LogP contribution in [-0.4, -0.2) is 50.5 Å². The van der Waals surface area contributed by atoms with E-state index in [9.17, 15) is 0 Å². The third-order valence-electron chi connectivity index (χ3n) is 7.88. The number of rotatable bonds is 25. The van der Waals surface area contributed by atoms with Crippen molar-refractivity contribution in [2.24, 2.45) is 0 Å². The van der Waals surface area contributed by atoms with E-state index < -0.39 is 0 Å². The Balaban J connectivity index is 2.02. The molecular formula is C34H65NO2. The zero-order valence-corrected chi connectivity index (χ0v) is 25.6. The molecule has 0 bridgehead atoms. The zero-order valence-electron chi connectivity index (χ0n) is 25.6. The summed E-state index contributed by atoms with van der Waals surface area (Å²) in [6.45, 7) is 6.39. The molecule has 3 nitrogen and oxygen atoms in total. The molecule has 0 amide bonds. The molecule has 1 saturated carbocycles. The van der Waals surface area contributed by atoms with Crippen molar-refractivity contribution in [2.45, 2.75) is 167 Å². The molecule has 0 aromatic carbocycles. The highest BCUT2D eigenvalue weighted by Crippen LogP contribution is 2.27. The van der Waals surface area contributed by atoms with Gasteiger partial charge in [-0.05, 0) is 78.3 Å². The zero-order chi connectivity index (χ0) is 26.8.